The van der Waals surface area contributed by atoms with E-state index in [1.54, 1.807) is 7.11 Å². The minimum atomic E-state index is -1.06. The van der Waals surface area contributed by atoms with Gasteiger partial charge in [-0.05, 0) is 47.7 Å². The zero-order chi connectivity index (χ0) is 23.1. The number of ether oxygens (including phenoxy) is 3. The second-order valence-corrected chi connectivity index (χ2v) is 8.15. The van der Waals surface area contributed by atoms with Crippen molar-refractivity contribution in [1.82, 2.24) is 4.90 Å². The van der Waals surface area contributed by atoms with Crippen molar-refractivity contribution in [3.8, 4) is 5.75 Å². The molecule has 0 aromatic heterocycles. The van der Waals surface area contributed by atoms with Crippen LogP contribution in [0.3, 0.4) is 0 Å². The van der Waals surface area contributed by atoms with Crippen LogP contribution in [0.5, 0.6) is 5.75 Å². The van der Waals surface area contributed by atoms with Crippen LogP contribution in [-0.4, -0.2) is 42.8 Å². The molecule has 0 bridgehead atoms. The topological polar surface area (TPSA) is 82.1 Å². The lowest BCUT2D eigenvalue weighted by Gasteiger charge is -2.24. The summed E-state index contributed by atoms with van der Waals surface area (Å²) in [5, 5.41) is 2.04. The van der Waals surface area contributed by atoms with Gasteiger partial charge < -0.3 is 14.2 Å². The molecular weight excluding hydrogens is 410 g/mol. The molecule has 3 rings (SSSR count). The van der Waals surface area contributed by atoms with Crippen molar-refractivity contribution in [2.45, 2.75) is 58.7 Å². The summed E-state index contributed by atoms with van der Waals surface area (Å²) in [5.41, 5.74) is 0.984. The molecule has 2 aromatic rings. The van der Waals surface area contributed by atoms with Crippen LogP contribution >= 0.6 is 0 Å². The number of carbonyl (C=O) groups is 3. The largest absolute Gasteiger partial charge is 0.497 e. The predicted octanol–water partition coefficient (Wildman–Crippen LogP) is 4.85. The highest BCUT2D eigenvalue weighted by Crippen LogP contribution is 2.26. The molecule has 1 unspecified atom stereocenters. The average Bonchev–Trinajstić information content (AvgIpc) is 2.79. The SMILES string of the molecule is COc1ccc2cccc(CCN(C(C)=O)C(=O)OC(C)OC(=O)C3CCCCC3)c2c1. The summed E-state index contributed by atoms with van der Waals surface area (Å²) < 4.78 is 15.9. The quantitative estimate of drug-likeness (QED) is 0.451. The number of fused-ring (bicyclic) bond motifs is 1. The number of imide groups is 1. The Balaban J connectivity index is 1.61. The molecule has 7 heteroatoms. The molecule has 0 radical (unpaired) electrons. The Kier molecular flexibility index (Phi) is 8.09. The molecule has 1 saturated carbocycles. The van der Waals surface area contributed by atoms with Crippen molar-refractivity contribution in [3.63, 3.8) is 0 Å². The van der Waals surface area contributed by atoms with E-state index in [1.807, 2.05) is 36.4 Å². The summed E-state index contributed by atoms with van der Waals surface area (Å²) in [4.78, 5) is 38.0. The second-order valence-electron chi connectivity index (χ2n) is 8.15. The van der Waals surface area contributed by atoms with Gasteiger partial charge in [0.05, 0.1) is 13.0 Å². The first-order valence-corrected chi connectivity index (χ1v) is 11.1. The molecule has 32 heavy (non-hydrogen) atoms. The fourth-order valence-corrected chi connectivity index (χ4v) is 4.10. The fraction of sp³-hybridized carbons (Fsp3) is 0.480. The van der Waals surface area contributed by atoms with Crippen LogP contribution in [0, 0.1) is 5.92 Å². The van der Waals surface area contributed by atoms with Crippen LogP contribution < -0.4 is 4.74 Å². The predicted molar refractivity (Wildman–Crippen MR) is 120 cm³/mol. The number of rotatable bonds is 7. The molecule has 1 aliphatic carbocycles. The number of amides is 2. The first-order chi connectivity index (χ1) is 15.4. The highest BCUT2D eigenvalue weighted by atomic mass is 16.7. The highest BCUT2D eigenvalue weighted by Gasteiger charge is 2.27. The molecule has 0 aliphatic heterocycles. The van der Waals surface area contributed by atoms with Gasteiger partial charge >= 0.3 is 12.1 Å². The lowest BCUT2D eigenvalue weighted by Crippen LogP contribution is -2.39. The molecular formula is C25H31NO6. The Labute approximate surface area is 188 Å². The molecule has 172 valence electrons. The molecule has 0 spiro atoms. The van der Waals surface area contributed by atoms with Crippen LogP contribution in [0.2, 0.25) is 0 Å². The lowest BCUT2D eigenvalue weighted by atomic mass is 9.89. The van der Waals surface area contributed by atoms with E-state index >= 15 is 0 Å². The Hall–Kier alpha value is -3.09. The van der Waals surface area contributed by atoms with Gasteiger partial charge in [0.2, 0.25) is 12.2 Å². The number of hydrogen-bond acceptors (Lipinski definition) is 6. The monoisotopic (exact) mass is 441 g/mol. The summed E-state index contributed by atoms with van der Waals surface area (Å²) in [6.45, 7) is 2.95. The van der Waals surface area contributed by atoms with Gasteiger partial charge in [-0.25, -0.2) is 9.69 Å². The second kappa shape index (κ2) is 11.0. The standard InChI is InChI=1S/C25H31NO6/c1-17(27)26(25(29)32-18(2)31-24(28)21-8-5-4-6-9-21)15-14-20-11-7-10-19-12-13-22(30-3)16-23(19)20/h7,10-13,16,18,21H,4-6,8-9,14-15H2,1-3H3. The number of hydrogen-bond donors (Lipinski definition) is 0. The summed E-state index contributed by atoms with van der Waals surface area (Å²) in [5.74, 6) is -0.179. The molecule has 2 aromatic carbocycles. The van der Waals surface area contributed by atoms with Crippen molar-refractivity contribution in [1.29, 1.82) is 0 Å². The summed E-state index contributed by atoms with van der Waals surface area (Å²) in [6.07, 6.45) is 3.32. The van der Waals surface area contributed by atoms with Crippen molar-refractivity contribution < 1.29 is 28.6 Å². The van der Waals surface area contributed by atoms with Crippen LogP contribution in [0.15, 0.2) is 36.4 Å². The lowest BCUT2D eigenvalue weighted by molar-refractivity contribution is -0.172. The summed E-state index contributed by atoms with van der Waals surface area (Å²) >= 11 is 0. The van der Waals surface area contributed by atoms with Gasteiger partial charge in [-0.1, -0.05) is 43.5 Å². The Morgan fingerprint density at radius 2 is 1.81 bits per heavy atom. The maximum absolute atomic E-state index is 12.6. The molecule has 0 heterocycles. The van der Waals surface area contributed by atoms with Gasteiger partial charge in [-0.15, -0.1) is 0 Å². The van der Waals surface area contributed by atoms with E-state index in [2.05, 4.69) is 0 Å². The minimum absolute atomic E-state index is 0.142. The van der Waals surface area contributed by atoms with Crippen molar-refractivity contribution in [2.75, 3.05) is 13.7 Å². The zero-order valence-electron chi connectivity index (χ0n) is 19.0. The molecule has 1 atom stereocenters. The van der Waals surface area contributed by atoms with Crippen molar-refractivity contribution in [3.05, 3.63) is 42.0 Å². The minimum Gasteiger partial charge on any atom is -0.497 e. The van der Waals surface area contributed by atoms with Gasteiger partial charge in [0.15, 0.2) is 0 Å². The van der Waals surface area contributed by atoms with E-state index in [-0.39, 0.29) is 18.4 Å². The number of nitrogens with zero attached hydrogens (tertiary/aromatic N) is 1. The van der Waals surface area contributed by atoms with E-state index in [4.69, 9.17) is 14.2 Å². The van der Waals surface area contributed by atoms with Crippen LogP contribution in [-0.2, 0) is 25.5 Å². The third-order valence-corrected chi connectivity index (χ3v) is 5.87. The van der Waals surface area contributed by atoms with E-state index < -0.39 is 18.3 Å². The van der Waals surface area contributed by atoms with Crippen molar-refractivity contribution >= 4 is 28.7 Å². The average molecular weight is 442 g/mol. The number of methoxy groups -OCH3 is 1. The molecule has 1 aliphatic rings. The van der Waals surface area contributed by atoms with Gasteiger partial charge in [0.1, 0.15) is 5.75 Å². The normalized spacial score (nSPS) is 15.1. The van der Waals surface area contributed by atoms with Gasteiger partial charge in [0, 0.05) is 20.4 Å². The molecule has 1 fully saturated rings. The Morgan fingerprint density at radius 3 is 2.50 bits per heavy atom. The third-order valence-electron chi connectivity index (χ3n) is 5.87. The first-order valence-electron chi connectivity index (χ1n) is 11.1. The van der Waals surface area contributed by atoms with Gasteiger partial charge in [-0.2, -0.15) is 0 Å². The molecule has 7 nitrogen and oxygen atoms in total. The Morgan fingerprint density at radius 1 is 1.06 bits per heavy atom. The molecule has 0 saturated heterocycles. The van der Waals surface area contributed by atoms with E-state index in [0.29, 0.717) is 6.42 Å². The van der Waals surface area contributed by atoms with E-state index in [0.717, 1.165) is 59.1 Å². The maximum Gasteiger partial charge on any atom is 0.419 e. The van der Waals surface area contributed by atoms with Crippen molar-refractivity contribution in [2.24, 2.45) is 5.92 Å². The van der Waals surface area contributed by atoms with Gasteiger partial charge in [-0.3, -0.25) is 9.59 Å². The van der Waals surface area contributed by atoms with Gasteiger partial charge in [0.25, 0.3) is 0 Å². The third kappa shape index (κ3) is 5.99. The number of benzene rings is 2. The number of esters is 1. The Bertz CT molecular complexity index is 966. The van der Waals surface area contributed by atoms with Crippen LogP contribution in [0.25, 0.3) is 10.8 Å². The molecule has 0 N–H and O–H groups in total. The zero-order valence-corrected chi connectivity index (χ0v) is 19.0. The smallest absolute Gasteiger partial charge is 0.419 e. The number of carbonyl (C=O) groups excluding carboxylic acids is 3. The highest BCUT2D eigenvalue weighted by molar-refractivity contribution is 5.91. The fourth-order valence-electron chi connectivity index (χ4n) is 4.10. The summed E-state index contributed by atoms with van der Waals surface area (Å²) in [7, 11) is 1.61. The maximum atomic E-state index is 12.6. The van der Waals surface area contributed by atoms with Crippen LogP contribution in [0.1, 0.15) is 51.5 Å². The summed E-state index contributed by atoms with van der Waals surface area (Å²) in [6, 6.07) is 11.7. The first kappa shape index (κ1) is 23.6. The van der Waals surface area contributed by atoms with E-state index in [9.17, 15) is 14.4 Å². The van der Waals surface area contributed by atoms with E-state index in [1.165, 1.54) is 13.8 Å². The van der Waals surface area contributed by atoms with Crippen LogP contribution in [0.4, 0.5) is 4.79 Å². The molecule has 2 amide bonds.